The third-order valence-electron chi connectivity index (χ3n) is 3.15. The number of ether oxygens (including phenoxy) is 1. The zero-order valence-electron chi connectivity index (χ0n) is 13.1. The number of nitrogens with zero attached hydrogens (tertiary/aromatic N) is 3. The summed E-state index contributed by atoms with van der Waals surface area (Å²) in [6, 6.07) is 1.95. The van der Waals surface area contributed by atoms with Crippen LogP contribution in [0.25, 0.3) is 11.3 Å². The largest absolute Gasteiger partial charge is 0.492 e. The summed E-state index contributed by atoms with van der Waals surface area (Å²) in [6.45, 7) is 9.50. The van der Waals surface area contributed by atoms with Gasteiger partial charge in [-0.3, -0.25) is 4.98 Å². The molecule has 5 nitrogen and oxygen atoms in total. The molecule has 5 heteroatoms. The summed E-state index contributed by atoms with van der Waals surface area (Å²) in [6.07, 6.45) is 4.53. The van der Waals surface area contributed by atoms with Gasteiger partial charge in [0.1, 0.15) is 11.4 Å². The second-order valence-electron chi connectivity index (χ2n) is 4.86. The van der Waals surface area contributed by atoms with Crippen LogP contribution in [0.5, 0.6) is 5.75 Å². The first-order valence-corrected chi connectivity index (χ1v) is 7.33. The maximum Gasteiger partial charge on any atom is 0.152 e. The van der Waals surface area contributed by atoms with Crippen molar-refractivity contribution in [3.8, 4) is 17.0 Å². The van der Waals surface area contributed by atoms with Gasteiger partial charge < -0.3 is 10.1 Å². The standard InChI is InChI=1S/C16H22N4O/c1-5-7-18-16-15(19-11(3)12(4)20-16)13-8-14(21-6-2)10-17-9-13/h8-10H,5-7H2,1-4H3,(H,18,20). The van der Waals surface area contributed by atoms with Gasteiger partial charge in [0.15, 0.2) is 5.82 Å². The van der Waals surface area contributed by atoms with Gasteiger partial charge in [-0.25, -0.2) is 9.97 Å². The fraction of sp³-hybridized carbons (Fsp3) is 0.438. The first-order chi connectivity index (χ1) is 10.2. The lowest BCUT2D eigenvalue weighted by molar-refractivity contribution is 0.339. The Hall–Kier alpha value is -2.17. The minimum absolute atomic E-state index is 0.616. The average Bonchev–Trinajstić information content (AvgIpc) is 2.48. The number of pyridine rings is 1. The minimum atomic E-state index is 0.616. The van der Waals surface area contributed by atoms with Crippen LogP contribution in [0.15, 0.2) is 18.5 Å². The maximum atomic E-state index is 5.51. The van der Waals surface area contributed by atoms with Crippen molar-refractivity contribution < 1.29 is 4.74 Å². The molecule has 0 unspecified atom stereocenters. The Morgan fingerprint density at radius 3 is 2.57 bits per heavy atom. The van der Waals surface area contributed by atoms with Crippen LogP contribution < -0.4 is 10.1 Å². The van der Waals surface area contributed by atoms with Crippen LogP contribution in [0.4, 0.5) is 5.82 Å². The van der Waals surface area contributed by atoms with Gasteiger partial charge >= 0.3 is 0 Å². The fourth-order valence-electron chi connectivity index (χ4n) is 1.96. The first-order valence-electron chi connectivity index (χ1n) is 7.33. The Bertz CT molecular complexity index is 613. The Labute approximate surface area is 125 Å². The monoisotopic (exact) mass is 286 g/mol. The molecule has 0 fully saturated rings. The molecule has 2 aromatic rings. The van der Waals surface area contributed by atoms with Crippen LogP contribution in [-0.2, 0) is 0 Å². The molecular formula is C16H22N4O. The molecule has 21 heavy (non-hydrogen) atoms. The number of anilines is 1. The lowest BCUT2D eigenvalue weighted by atomic mass is 10.2. The zero-order valence-corrected chi connectivity index (χ0v) is 13.1. The van der Waals surface area contributed by atoms with Crippen LogP contribution in [0.3, 0.4) is 0 Å². The summed E-state index contributed by atoms with van der Waals surface area (Å²) in [5, 5.41) is 3.34. The van der Waals surface area contributed by atoms with E-state index in [-0.39, 0.29) is 0 Å². The highest BCUT2D eigenvalue weighted by Gasteiger charge is 2.12. The number of aryl methyl sites for hydroxylation is 2. The number of aromatic nitrogens is 3. The molecule has 0 aliphatic carbocycles. The molecule has 0 spiro atoms. The summed E-state index contributed by atoms with van der Waals surface area (Å²) in [7, 11) is 0. The van der Waals surface area contributed by atoms with Gasteiger partial charge in [-0.2, -0.15) is 0 Å². The topological polar surface area (TPSA) is 59.9 Å². The van der Waals surface area contributed by atoms with E-state index in [9.17, 15) is 0 Å². The van der Waals surface area contributed by atoms with E-state index < -0.39 is 0 Å². The Kier molecular flexibility index (Phi) is 5.09. The molecule has 0 aliphatic rings. The minimum Gasteiger partial charge on any atom is -0.492 e. The van der Waals surface area contributed by atoms with Crippen molar-refractivity contribution in [2.75, 3.05) is 18.5 Å². The number of nitrogens with one attached hydrogen (secondary N) is 1. The predicted octanol–water partition coefficient (Wildman–Crippen LogP) is 3.38. The molecule has 0 radical (unpaired) electrons. The fourth-order valence-corrected chi connectivity index (χ4v) is 1.96. The predicted molar refractivity (Wildman–Crippen MR) is 84.7 cm³/mol. The van der Waals surface area contributed by atoms with E-state index in [2.05, 4.69) is 27.2 Å². The molecule has 0 saturated heterocycles. The van der Waals surface area contributed by atoms with Crippen molar-refractivity contribution >= 4 is 5.82 Å². The van der Waals surface area contributed by atoms with Crippen molar-refractivity contribution in [2.45, 2.75) is 34.1 Å². The van der Waals surface area contributed by atoms with Crippen LogP contribution in [0.1, 0.15) is 31.7 Å². The molecule has 0 atom stereocenters. The highest BCUT2D eigenvalue weighted by molar-refractivity contribution is 5.72. The normalized spacial score (nSPS) is 10.5. The quantitative estimate of drug-likeness (QED) is 0.882. The molecule has 2 rings (SSSR count). The van der Waals surface area contributed by atoms with Crippen molar-refractivity contribution in [3.63, 3.8) is 0 Å². The van der Waals surface area contributed by atoms with Crippen LogP contribution in [0.2, 0.25) is 0 Å². The van der Waals surface area contributed by atoms with Crippen molar-refractivity contribution in [2.24, 2.45) is 0 Å². The van der Waals surface area contributed by atoms with Gasteiger partial charge in [0.25, 0.3) is 0 Å². The van der Waals surface area contributed by atoms with E-state index in [0.29, 0.717) is 6.61 Å². The third kappa shape index (κ3) is 3.68. The molecule has 0 saturated carbocycles. The highest BCUT2D eigenvalue weighted by atomic mass is 16.5. The van der Waals surface area contributed by atoms with E-state index in [1.54, 1.807) is 12.4 Å². The Morgan fingerprint density at radius 1 is 1.10 bits per heavy atom. The van der Waals surface area contributed by atoms with Gasteiger partial charge in [-0.1, -0.05) is 6.92 Å². The maximum absolute atomic E-state index is 5.51. The lowest BCUT2D eigenvalue weighted by Gasteiger charge is -2.13. The highest BCUT2D eigenvalue weighted by Crippen LogP contribution is 2.27. The Balaban J connectivity index is 2.45. The lowest BCUT2D eigenvalue weighted by Crippen LogP contribution is -2.07. The summed E-state index contributed by atoms with van der Waals surface area (Å²) in [5.41, 5.74) is 3.59. The van der Waals surface area contributed by atoms with Gasteiger partial charge in [-0.05, 0) is 33.3 Å². The molecule has 0 bridgehead atoms. The Morgan fingerprint density at radius 2 is 1.86 bits per heavy atom. The van der Waals surface area contributed by atoms with Crippen molar-refractivity contribution in [1.82, 2.24) is 15.0 Å². The summed E-state index contributed by atoms with van der Waals surface area (Å²) >= 11 is 0. The number of hydrogen-bond acceptors (Lipinski definition) is 5. The van der Waals surface area contributed by atoms with Gasteiger partial charge in [0, 0.05) is 18.3 Å². The second kappa shape index (κ2) is 7.02. The average molecular weight is 286 g/mol. The van der Waals surface area contributed by atoms with Crippen molar-refractivity contribution in [1.29, 1.82) is 0 Å². The number of rotatable bonds is 6. The van der Waals surface area contributed by atoms with E-state index in [4.69, 9.17) is 4.74 Å². The SMILES string of the molecule is CCCNc1nc(C)c(C)nc1-c1cncc(OCC)c1. The molecule has 0 amide bonds. The third-order valence-corrected chi connectivity index (χ3v) is 3.15. The van der Waals surface area contributed by atoms with E-state index in [1.807, 2.05) is 26.8 Å². The van der Waals surface area contributed by atoms with Crippen LogP contribution >= 0.6 is 0 Å². The van der Waals surface area contributed by atoms with Crippen molar-refractivity contribution in [3.05, 3.63) is 29.8 Å². The van der Waals surface area contributed by atoms with E-state index >= 15 is 0 Å². The van der Waals surface area contributed by atoms with Gasteiger partial charge in [-0.15, -0.1) is 0 Å². The summed E-state index contributed by atoms with van der Waals surface area (Å²) in [5.74, 6) is 1.55. The van der Waals surface area contributed by atoms with Gasteiger partial charge in [0.05, 0.1) is 24.2 Å². The smallest absolute Gasteiger partial charge is 0.152 e. The molecule has 0 aromatic carbocycles. The van der Waals surface area contributed by atoms with E-state index in [0.717, 1.165) is 47.2 Å². The molecule has 2 heterocycles. The first kappa shape index (κ1) is 15.2. The zero-order chi connectivity index (χ0) is 15.2. The summed E-state index contributed by atoms with van der Waals surface area (Å²) < 4.78 is 5.51. The second-order valence-corrected chi connectivity index (χ2v) is 4.86. The number of hydrogen-bond donors (Lipinski definition) is 1. The molecule has 0 aliphatic heterocycles. The van der Waals surface area contributed by atoms with Gasteiger partial charge in [0.2, 0.25) is 0 Å². The van der Waals surface area contributed by atoms with E-state index in [1.165, 1.54) is 0 Å². The molecule has 2 aromatic heterocycles. The van der Waals surface area contributed by atoms with Crippen LogP contribution in [-0.4, -0.2) is 28.1 Å². The molecule has 112 valence electrons. The molecule has 1 N–H and O–H groups in total. The molecular weight excluding hydrogens is 264 g/mol. The summed E-state index contributed by atoms with van der Waals surface area (Å²) in [4.78, 5) is 13.5. The van der Waals surface area contributed by atoms with Crippen LogP contribution in [0, 0.1) is 13.8 Å².